The van der Waals surface area contributed by atoms with Gasteiger partial charge in [0.05, 0.1) is 29.8 Å². The van der Waals surface area contributed by atoms with Gasteiger partial charge in [-0.05, 0) is 62.6 Å². The zero-order valence-electron chi connectivity index (χ0n) is 18.7. The fraction of sp³-hybridized carbons (Fsp3) is 0.280. The van der Waals surface area contributed by atoms with E-state index in [1.54, 1.807) is 25.4 Å². The van der Waals surface area contributed by atoms with Gasteiger partial charge in [0.15, 0.2) is 4.88 Å². The topological polar surface area (TPSA) is 73.6 Å². The SMILES string of the molecule is CCOc1cc(-c2cc(CCCn3c(C)cc4c(OC)ccc(F)c43)ccn2)sc1C(=O)O. The number of aromatic nitrogens is 2. The molecule has 0 aliphatic heterocycles. The minimum Gasteiger partial charge on any atom is -0.496 e. The van der Waals surface area contributed by atoms with Gasteiger partial charge in [-0.3, -0.25) is 4.98 Å². The van der Waals surface area contributed by atoms with Crippen molar-refractivity contribution in [3.63, 3.8) is 0 Å². The molecule has 0 aliphatic carbocycles. The highest BCUT2D eigenvalue weighted by atomic mass is 32.1. The molecule has 0 saturated heterocycles. The number of pyridine rings is 1. The summed E-state index contributed by atoms with van der Waals surface area (Å²) in [5.74, 6) is -0.245. The van der Waals surface area contributed by atoms with Crippen LogP contribution in [0.2, 0.25) is 0 Å². The van der Waals surface area contributed by atoms with Gasteiger partial charge in [-0.2, -0.15) is 0 Å². The molecule has 0 aliphatic rings. The Bertz CT molecular complexity index is 1310. The second-order valence-corrected chi connectivity index (χ2v) is 8.70. The molecule has 0 radical (unpaired) electrons. The summed E-state index contributed by atoms with van der Waals surface area (Å²) in [6, 6.07) is 10.7. The molecule has 1 N–H and O–H groups in total. The van der Waals surface area contributed by atoms with Gasteiger partial charge in [0.25, 0.3) is 0 Å². The molecule has 0 bridgehead atoms. The van der Waals surface area contributed by atoms with Crippen molar-refractivity contribution < 1.29 is 23.8 Å². The van der Waals surface area contributed by atoms with Crippen LogP contribution in [0.1, 0.15) is 34.3 Å². The standard InChI is InChI=1S/C25H25FN2O4S/c1-4-32-21-14-22(33-24(21)25(29)30)19-13-16(9-10-27-19)6-5-11-28-15(2)12-17-20(31-3)8-7-18(26)23(17)28/h7-10,12-14H,4-6,11H2,1-3H3,(H,29,30). The Kier molecular flexibility index (Phi) is 6.65. The van der Waals surface area contributed by atoms with Crippen LogP contribution in [0.15, 0.2) is 42.6 Å². The molecule has 8 heteroatoms. The zero-order chi connectivity index (χ0) is 23.5. The quantitative estimate of drug-likeness (QED) is 0.329. The summed E-state index contributed by atoms with van der Waals surface area (Å²) >= 11 is 1.15. The predicted molar refractivity (Wildman–Crippen MR) is 127 cm³/mol. The molecule has 0 fully saturated rings. The molecule has 0 spiro atoms. The molecular weight excluding hydrogens is 443 g/mol. The fourth-order valence-electron chi connectivity index (χ4n) is 4.02. The first kappa shape index (κ1) is 22.8. The highest BCUT2D eigenvalue weighted by Gasteiger charge is 2.18. The fourth-order valence-corrected chi connectivity index (χ4v) is 4.93. The molecule has 6 nitrogen and oxygen atoms in total. The van der Waals surface area contributed by atoms with Crippen molar-refractivity contribution in [3.8, 4) is 22.1 Å². The number of carboxylic acid groups (broad SMARTS) is 1. The molecule has 33 heavy (non-hydrogen) atoms. The van der Waals surface area contributed by atoms with Crippen molar-refractivity contribution in [1.82, 2.24) is 9.55 Å². The van der Waals surface area contributed by atoms with E-state index in [-0.39, 0.29) is 10.7 Å². The van der Waals surface area contributed by atoms with Crippen LogP contribution in [0, 0.1) is 12.7 Å². The summed E-state index contributed by atoms with van der Waals surface area (Å²) in [6.45, 7) is 4.84. The van der Waals surface area contributed by atoms with E-state index in [0.29, 0.717) is 35.9 Å². The van der Waals surface area contributed by atoms with Gasteiger partial charge in [0, 0.05) is 29.9 Å². The Hall–Kier alpha value is -3.39. The van der Waals surface area contributed by atoms with E-state index in [2.05, 4.69) is 4.98 Å². The van der Waals surface area contributed by atoms with Crippen LogP contribution in [0.4, 0.5) is 4.39 Å². The number of hydrogen-bond donors (Lipinski definition) is 1. The third-order valence-corrected chi connectivity index (χ3v) is 6.64. The third kappa shape index (κ3) is 4.57. The van der Waals surface area contributed by atoms with Crippen LogP contribution in [0.3, 0.4) is 0 Å². The number of nitrogens with zero attached hydrogens (tertiary/aromatic N) is 2. The van der Waals surface area contributed by atoms with Crippen molar-refractivity contribution in [2.24, 2.45) is 0 Å². The summed E-state index contributed by atoms with van der Waals surface area (Å²) in [6.07, 6.45) is 3.31. The number of halogens is 1. The number of thiophene rings is 1. The van der Waals surface area contributed by atoms with E-state index in [9.17, 15) is 14.3 Å². The number of ether oxygens (including phenoxy) is 2. The third-order valence-electron chi connectivity index (χ3n) is 5.51. The number of carbonyl (C=O) groups is 1. The van der Waals surface area contributed by atoms with E-state index >= 15 is 0 Å². The van der Waals surface area contributed by atoms with Gasteiger partial charge in [0.2, 0.25) is 0 Å². The molecule has 0 amide bonds. The Balaban J connectivity index is 1.53. The summed E-state index contributed by atoms with van der Waals surface area (Å²) < 4.78 is 27.4. The minimum absolute atomic E-state index is 0.173. The molecule has 0 saturated carbocycles. The second-order valence-electron chi connectivity index (χ2n) is 7.64. The molecule has 4 aromatic rings. The molecule has 1 aromatic carbocycles. The number of carboxylic acids is 1. The lowest BCUT2D eigenvalue weighted by Gasteiger charge is -2.10. The number of rotatable bonds is 9. The molecule has 3 aromatic heterocycles. The molecular formula is C25H25FN2O4S. The van der Waals surface area contributed by atoms with Gasteiger partial charge in [-0.15, -0.1) is 11.3 Å². The van der Waals surface area contributed by atoms with Crippen LogP contribution in [-0.4, -0.2) is 34.3 Å². The van der Waals surface area contributed by atoms with Crippen LogP contribution in [0.25, 0.3) is 21.5 Å². The summed E-state index contributed by atoms with van der Waals surface area (Å²) in [5, 5.41) is 10.2. The van der Waals surface area contributed by atoms with Gasteiger partial charge in [-0.25, -0.2) is 9.18 Å². The number of aryl methyl sites for hydroxylation is 3. The van der Waals surface area contributed by atoms with Gasteiger partial charge < -0.3 is 19.1 Å². The zero-order valence-corrected chi connectivity index (χ0v) is 19.5. The van der Waals surface area contributed by atoms with Gasteiger partial charge in [-0.1, -0.05) is 0 Å². The lowest BCUT2D eigenvalue weighted by atomic mass is 10.1. The van der Waals surface area contributed by atoms with E-state index < -0.39 is 5.97 Å². The van der Waals surface area contributed by atoms with Crippen LogP contribution in [-0.2, 0) is 13.0 Å². The van der Waals surface area contributed by atoms with Crippen molar-refractivity contribution in [3.05, 3.63) is 64.5 Å². The Morgan fingerprint density at radius 1 is 1.21 bits per heavy atom. The van der Waals surface area contributed by atoms with E-state index in [0.717, 1.165) is 45.7 Å². The average molecular weight is 469 g/mol. The van der Waals surface area contributed by atoms with Gasteiger partial charge in [0.1, 0.15) is 17.3 Å². The Morgan fingerprint density at radius 3 is 2.76 bits per heavy atom. The first-order valence-electron chi connectivity index (χ1n) is 10.7. The molecule has 3 heterocycles. The smallest absolute Gasteiger partial charge is 0.349 e. The summed E-state index contributed by atoms with van der Waals surface area (Å²) in [5.41, 5.74) is 3.33. The Morgan fingerprint density at radius 2 is 2.03 bits per heavy atom. The number of benzene rings is 1. The molecule has 0 unspecified atom stereocenters. The van der Waals surface area contributed by atoms with Crippen molar-refractivity contribution >= 4 is 28.2 Å². The van der Waals surface area contributed by atoms with Crippen molar-refractivity contribution in [1.29, 1.82) is 0 Å². The van der Waals surface area contributed by atoms with Gasteiger partial charge >= 0.3 is 5.97 Å². The van der Waals surface area contributed by atoms with E-state index in [4.69, 9.17) is 9.47 Å². The molecule has 0 atom stereocenters. The Labute approximate surface area is 195 Å². The van der Waals surface area contributed by atoms with E-state index in [1.807, 2.05) is 36.6 Å². The normalized spacial score (nSPS) is 11.2. The minimum atomic E-state index is -1.01. The number of aromatic carboxylic acids is 1. The first-order chi connectivity index (χ1) is 15.9. The van der Waals surface area contributed by atoms with Crippen LogP contribution >= 0.6 is 11.3 Å². The highest BCUT2D eigenvalue weighted by molar-refractivity contribution is 7.17. The second kappa shape index (κ2) is 9.62. The maximum atomic E-state index is 14.6. The predicted octanol–water partition coefficient (Wildman–Crippen LogP) is 5.95. The number of methoxy groups -OCH3 is 1. The average Bonchev–Trinajstić information content (AvgIpc) is 3.37. The molecule has 172 valence electrons. The highest BCUT2D eigenvalue weighted by Crippen LogP contribution is 2.36. The largest absolute Gasteiger partial charge is 0.496 e. The monoisotopic (exact) mass is 468 g/mol. The van der Waals surface area contributed by atoms with Crippen molar-refractivity contribution in [2.75, 3.05) is 13.7 Å². The molecule has 4 rings (SSSR count). The van der Waals surface area contributed by atoms with Crippen LogP contribution in [0.5, 0.6) is 11.5 Å². The summed E-state index contributed by atoms with van der Waals surface area (Å²) in [7, 11) is 1.59. The maximum absolute atomic E-state index is 14.6. The van der Waals surface area contributed by atoms with Crippen LogP contribution < -0.4 is 9.47 Å². The van der Waals surface area contributed by atoms with E-state index in [1.165, 1.54) is 6.07 Å². The number of fused-ring (bicyclic) bond motifs is 1. The lowest BCUT2D eigenvalue weighted by molar-refractivity contribution is 0.0698. The van der Waals surface area contributed by atoms with Crippen molar-refractivity contribution in [2.45, 2.75) is 33.2 Å². The number of hydrogen-bond acceptors (Lipinski definition) is 5. The first-order valence-corrected chi connectivity index (χ1v) is 11.5. The summed E-state index contributed by atoms with van der Waals surface area (Å²) in [4.78, 5) is 16.9. The maximum Gasteiger partial charge on any atom is 0.349 e. The lowest BCUT2D eigenvalue weighted by Crippen LogP contribution is -2.03.